The van der Waals surface area contributed by atoms with E-state index in [0.29, 0.717) is 5.69 Å². The lowest BCUT2D eigenvalue weighted by atomic mass is 10.3. The summed E-state index contributed by atoms with van der Waals surface area (Å²) in [6.45, 7) is -0.755. The van der Waals surface area contributed by atoms with Gasteiger partial charge >= 0.3 is 0 Å². The van der Waals surface area contributed by atoms with Gasteiger partial charge in [-0.2, -0.15) is 10.2 Å². The summed E-state index contributed by atoms with van der Waals surface area (Å²) in [5.74, 6) is 0. The molecule has 0 aliphatic rings. The Morgan fingerprint density at radius 3 is 2.50 bits per heavy atom. The molecule has 0 fully saturated rings. The molecule has 0 saturated carbocycles. The van der Waals surface area contributed by atoms with Crippen molar-refractivity contribution in [2.24, 2.45) is 10.2 Å². The van der Waals surface area contributed by atoms with Crippen LogP contribution in [0.2, 0.25) is 0 Å². The second-order valence-electron chi connectivity index (χ2n) is 1.70. The molecule has 0 aliphatic carbocycles. The number of azo groups is 1. The van der Waals surface area contributed by atoms with Crippen LogP contribution in [0.15, 0.2) is 40.6 Å². The third kappa shape index (κ3) is 1.93. The van der Waals surface area contributed by atoms with Gasteiger partial charge in [0.25, 0.3) is 0 Å². The van der Waals surface area contributed by atoms with E-state index in [1.54, 1.807) is 12.1 Å². The molecule has 0 radical (unpaired) electrons. The predicted molar refractivity (Wildman–Crippen MR) is 36.9 cm³/mol. The summed E-state index contributed by atoms with van der Waals surface area (Å²) in [4.78, 5) is 0. The van der Waals surface area contributed by atoms with E-state index < -0.39 is 6.80 Å². The molecule has 0 aliphatic heterocycles. The van der Waals surface area contributed by atoms with Crippen molar-refractivity contribution in [3.05, 3.63) is 30.3 Å². The van der Waals surface area contributed by atoms with Crippen LogP contribution in [0.25, 0.3) is 0 Å². The van der Waals surface area contributed by atoms with Gasteiger partial charge in [-0.15, -0.1) is 0 Å². The molecule has 0 heterocycles. The summed E-state index contributed by atoms with van der Waals surface area (Å²) >= 11 is 0. The zero-order valence-electron chi connectivity index (χ0n) is 5.37. The maximum Gasteiger partial charge on any atom is 0.200 e. The van der Waals surface area contributed by atoms with Gasteiger partial charge in [0.2, 0.25) is 0 Å². The number of benzene rings is 1. The molecule has 10 heavy (non-hydrogen) atoms. The van der Waals surface area contributed by atoms with E-state index in [4.69, 9.17) is 0 Å². The van der Waals surface area contributed by atoms with E-state index >= 15 is 0 Å². The van der Waals surface area contributed by atoms with E-state index in [0.717, 1.165) is 0 Å². The summed E-state index contributed by atoms with van der Waals surface area (Å²) < 4.78 is 11.4. The number of hydrogen-bond donors (Lipinski definition) is 0. The quantitative estimate of drug-likeness (QED) is 0.443. The van der Waals surface area contributed by atoms with Crippen LogP contribution in [0, 0.1) is 0 Å². The molecule has 52 valence electrons. The number of halogens is 1. The topological polar surface area (TPSA) is 24.7 Å². The van der Waals surface area contributed by atoms with Gasteiger partial charge in [-0.05, 0) is 12.1 Å². The van der Waals surface area contributed by atoms with Crippen molar-refractivity contribution >= 4 is 5.69 Å². The predicted octanol–water partition coefficient (Wildman–Crippen LogP) is 2.70. The zero-order chi connectivity index (χ0) is 7.23. The smallest absolute Gasteiger partial charge is 0.200 e. The van der Waals surface area contributed by atoms with E-state index in [-0.39, 0.29) is 0 Å². The van der Waals surface area contributed by atoms with Gasteiger partial charge in [-0.3, -0.25) is 0 Å². The highest BCUT2D eigenvalue weighted by Gasteiger charge is 1.81. The Bertz CT molecular complexity index is 208. The molecule has 0 aromatic heterocycles. The van der Waals surface area contributed by atoms with Gasteiger partial charge in [0.05, 0.1) is 5.69 Å². The first-order chi connectivity index (χ1) is 4.93. The number of rotatable bonds is 2. The minimum absolute atomic E-state index is 0.681. The van der Waals surface area contributed by atoms with Gasteiger partial charge in [0.1, 0.15) is 0 Å². The summed E-state index contributed by atoms with van der Waals surface area (Å²) in [5, 5.41) is 6.78. The molecule has 0 unspecified atom stereocenters. The highest BCUT2D eigenvalue weighted by atomic mass is 19.1. The lowest BCUT2D eigenvalue weighted by molar-refractivity contribution is 0.498. The van der Waals surface area contributed by atoms with Crippen molar-refractivity contribution < 1.29 is 4.39 Å². The summed E-state index contributed by atoms with van der Waals surface area (Å²) in [6, 6.07) is 9.05. The molecular formula is C7H7FN2. The number of alkyl halides is 1. The number of hydrogen-bond acceptors (Lipinski definition) is 2. The SMILES string of the molecule is FC/N=N/c1ccccc1. The Kier molecular flexibility index (Phi) is 2.55. The molecule has 1 rings (SSSR count). The molecule has 0 N–H and O–H groups in total. The summed E-state index contributed by atoms with van der Waals surface area (Å²) in [7, 11) is 0. The van der Waals surface area contributed by atoms with E-state index in [1.165, 1.54) is 0 Å². The maximum absolute atomic E-state index is 11.4. The minimum Gasteiger partial charge on any atom is -0.223 e. The third-order valence-corrected chi connectivity index (χ3v) is 0.996. The molecule has 0 bridgehead atoms. The largest absolute Gasteiger partial charge is 0.223 e. The van der Waals surface area contributed by atoms with Crippen molar-refractivity contribution in [3.63, 3.8) is 0 Å². The molecular weight excluding hydrogens is 131 g/mol. The fourth-order valence-corrected chi connectivity index (χ4v) is 0.603. The first-order valence-corrected chi connectivity index (χ1v) is 2.92. The molecule has 1 aromatic carbocycles. The Morgan fingerprint density at radius 1 is 1.20 bits per heavy atom. The van der Waals surface area contributed by atoms with Gasteiger partial charge < -0.3 is 0 Å². The average molecular weight is 138 g/mol. The van der Waals surface area contributed by atoms with Crippen molar-refractivity contribution in [1.29, 1.82) is 0 Å². The third-order valence-electron chi connectivity index (χ3n) is 0.996. The zero-order valence-corrected chi connectivity index (χ0v) is 5.37. The highest BCUT2D eigenvalue weighted by Crippen LogP contribution is 2.09. The van der Waals surface area contributed by atoms with Crippen molar-refractivity contribution in [2.75, 3.05) is 6.80 Å². The fourth-order valence-electron chi connectivity index (χ4n) is 0.603. The lowest BCUT2D eigenvalue weighted by Gasteiger charge is -1.86. The van der Waals surface area contributed by atoms with Gasteiger partial charge in [-0.25, -0.2) is 4.39 Å². The van der Waals surface area contributed by atoms with Crippen molar-refractivity contribution in [2.45, 2.75) is 0 Å². The van der Waals surface area contributed by atoms with Crippen LogP contribution in [0.1, 0.15) is 0 Å². The molecule has 1 aromatic rings. The van der Waals surface area contributed by atoms with Crippen LogP contribution >= 0.6 is 0 Å². The Hall–Kier alpha value is -1.25. The molecule has 0 atom stereocenters. The summed E-state index contributed by atoms with van der Waals surface area (Å²) in [5.41, 5.74) is 0.681. The van der Waals surface area contributed by atoms with Crippen LogP contribution in [-0.4, -0.2) is 6.80 Å². The van der Waals surface area contributed by atoms with Crippen LogP contribution in [0.5, 0.6) is 0 Å². The number of nitrogens with zero attached hydrogens (tertiary/aromatic N) is 2. The molecule has 2 nitrogen and oxygen atoms in total. The molecule has 0 spiro atoms. The van der Waals surface area contributed by atoms with Crippen LogP contribution in [-0.2, 0) is 0 Å². The van der Waals surface area contributed by atoms with Crippen molar-refractivity contribution in [3.8, 4) is 0 Å². The average Bonchev–Trinajstić information content (AvgIpc) is 2.03. The Balaban J connectivity index is 2.67. The van der Waals surface area contributed by atoms with E-state index in [1.807, 2.05) is 18.2 Å². The monoisotopic (exact) mass is 138 g/mol. The van der Waals surface area contributed by atoms with Crippen LogP contribution < -0.4 is 0 Å². The molecule has 0 amide bonds. The van der Waals surface area contributed by atoms with Crippen molar-refractivity contribution in [1.82, 2.24) is 0 Å². The normalized spacial score (nSPS) is 10.5. The Labute approximate surface area is 58.4 Å². The second kappa shape index (κ2) is 3.71. The standard InChI is InChI=1S/C7H7FN2/c8-6-9-10-7-4-2-1-3-5-7/h1-5H,6H2/b10-9+. The molecule has 3 heteroatoms. The van der Waals surface area contributed by atoms with Gasteiger partial charge in [-0.1, -0.05) is 18.2 Å². The lowest BCUT2D eigenvalue weighted by Crippen LogP contribution is -1.62. The Morgan fingerprint density at radius 2 is 1.90 bits per heavy atom. The first-order valence-electron chi connectivity index (χ1n) is 2.92. The minimum atomic E-state index is -0.755. The fraction of sp³-hybridized carbons (Fsp3) is 0.143. The second-order valence-corrected chi connectivity index (χ2v) is 1.70. The highest BCUT2D eigenvalue weighted by molar-refractivity contribution is 5.34. The van der Waals surface area contributed by atoms with Gasteiger partial charge in [0.15, 0.2) is 6.80 Å². The summed E-state index contributed by atoms with van der Waals surface area (Å²) in [6.07, 6.45) is 0. The first kappa shape index (κ1) is 6.86. The maximum atomic E-state index is 11.4. The van der Waals surface area contributed by atoms with E-state index in [9.17, 15) is 4.39 Å². The van der Waals surface area contributed by atoms with Crippen LogP contribution in [0.4, 0.5) is 10.1 Å². The van der Waals surface area contributed by atoms with Crippen LogP contribution in [0.3, 0.4) is 0 Å². The van der Waals surface area contributed by atoms with Gasteiger partial charge in [0, 0.05) is 0 Å². The molecule has 0 saturated heterocycles. The van der Waals surface area contributed by atoms with E-state index in [2.05, 4.69) is 10.2 Å².